The van der Waals surface area contributed by atoms with Crippen molar-refractivity contribution in [3.05, 3.63) is 41.3 Å². The van der Waals surface area contributed by atoms with Gasteiger partial charge in [-0.2, -0.15) is 9.97 Å². The topological polar surface area (TPSA) is 75.6 Å². The van der Waals surface area contributed by atoms with E-state index < -0.39 is 5.97 Å². The number of hydrogen-bond donors (Lipinski definition) is 1. The van der Waals surface area contributed by atoms with Gasteiger partial charge >= 0.3 is 12.0 Å². The van der Waals surface area contributed by atoms with E-state index in [0.717, 1.165) is 0 Å². The molecule has 0 amide bonds. The summed E-state index contributed by atoms with van der Waals surface area (Å²) in [4.78, 5) is 20.2. The summed E-state index contributed by atoms with van der Waals surface area (Å²) >= 11 is 5.91. The van der Waals surface area contributed by atoms with E-state index in [2.05, 4.69) is 9.97 Å². The highest BCUT2D eigenvalue weighted by molar-refractivity contribution is 6.29. The van der Waals surface area contributed by atoms with Gasteiger partial charge in [0.25, 0.3) is 0 Å². The molecule has 116 valence electrons. The van der Waals surface area contributed by atoms with E-state index in [1.54, 1.807) is 24.1 Å². The zero-order valence-corrected chi connectivity index (χ0v) is 12.4. The van der Waals surface area contributed by atoms with Crippen LogP contribution in [0.5, 0.6) is 6.01 Å². The van der Waals surface area contributed by atoms with Crippen molar-refractivity contribution in [1.82, 2.24) is 9.97 Å². The quantitative estimate of drug-likeness (QED) is 0.823. The van der Waals surface area contributed by atoms with Crippen LogP contribution in [0.15, 0.2) is 30.3 Å². The van der Waals surface area contributed by atoms with Gasteiger partial charge in [-0.25, -0.2) is 4.39 Å². The summed E-state index contributed by atoms with van der Waals surface area (Å²) in [5.74, 6) is -0.877. The van der Waals surface area contributed by atoms with Crippen molar-refractivity contribution in [2.45, 2.75) is 6.42 Å². The summed E-state index contributed by atoms with van der Waals surface area (Å²) in [6.07, 6.45) is -0.168. The second kappa shape index (κ2) is 7.04. The molecule has 8 heteroatoms. The molecule has 0 saturated carbocycles. The van der Waals surface area contributed by atoms with Crippen molar-refractivity contribution in [2.24, 2.45) is 0 Å². The summed E-state index contributed by atoms with van der Waals surface area (Å²) < 4.78 is 18.1. The molecule has 0 saturated heterocycles. The predicted octanol–water partition coefficient (Wildman–Crippen LogP) is 2.89. The van der Waals surface area contributed by atoms with Crippen LogP contribution in [0.25, 0.3) is 0 Å². The molecule has 0 fully saturated rings. The SMILES string of the molecule is CN(c1ccc(F)cc1)c1cc(Cl)nc(OCCC(=O)O)n1. The summed E-state index contributed by atoms with van der Waals surface area (Å²) in [6, 6.07) is 7.36. The smallest absolute Gasteiger partial charge is 0.319 e. The minimum Gasteiger partial charge on any atom is -0.481 e. The lowest BCUT2D eigenvalue weighted by Crippen LogP contribution is -2.13. The zero-order chi connectivity index (χ0) is 16.1. The number of benzene rings is 1. The van der Waals surface area contributed by atoms with Crippen molar-refractivity contribution in [3.8, 4) is 6.01 Å². The lowest BCUT2D eigenvalue weighted by molar-refractivity contribution is -0.137. The minimum absolute atomic E-state index is 0.0160. The maximum Gasteiger partial charge on any atom is 0.319 e. The van der Waals surface area contributed by atoms with Crippen LogP contribution in [0.4, 0.5) is 15.9 Å². The molecule has 0 radical (unpaired) electrons. The van der Waals surface area contributed by atoms with Crippen molar-refractivity contribution in [2.75, 3.05) is 18.6 Å². The molecule has 0 aliphatic carbocycles. The van der Waals surface area contributed by atoms with Crippen LogP contribution in [0.2, 0.25) is 5.15 Å². The number of anilines is 2. The van der Waals surface area contributed by atoms with Crippen LogP contribution in [-0.4, -0.2) is 34.7 Å². The molecule has 0 aliphatic rings. The highest BCUT2D eigenvalue weighted by Crippen LogP contribution is 2.25. The molecule has 6 nitrogen and oxygen atoms in total. The molecule has 0 atom stereocenters. The normalized spacial score (nSPS) is 10.3. The Balaban J connectivity index is 2.17. The number of carboxylic acids is 1. The van der Waals surface area contributed by atoms with Crippen LogP contribution in [-0.2, 0) is 4.79 Å². The highest BCUT2D eigenvalue weighted by Gasteiger charge is 2.11. The molecule has 0 aliphatic heterocycles. The van der Waals surface area contributed by atoms with Gasteiger partial charge in [-0.1, -0.05) is 11.6 Å². The number of hydrogen-bond acceptors (Lipinski definition) is 5. The number of carboxylic acid groups (broad SMARTS) is 1. The van der Waals surface area contributed by atoms with Crippen LogP contribution in [0, 0.1) is 5.82 Å². The Bertz CT molecular complexity index is 667. The standard InChI is InChI=1S/C14H13ClFN3O3/c1-19(10-4-2-9(16)3-5-10)12-8-11(15)17-14(18-12)22-7-6-13(20)21/h2-5,8H,6-7H2,1H3,(H,20,21). The van der Waals surface area contributed by atoms with E-state index in [4.69, 9.17) is 21.4 Å². The number of rotatable bonds is 6. The van der Waals surface area contributed by atoms with E-state index in [-0.39, 0.29) is 30.0 Å². The molecular formula is C14H13ClFN3O3. The van der Waals surface area contributed by atoms with Crippen LogP contribution in [0.3, 0.4) is 0 Å². The van der Waals surface area contributed by atoms with E-state index in [1.165, 1.54) is 18.2 Å². The summed E-state index contributed by atoms with van der Waals surface area (Å²) in [5, 5.41) is 8.73. The van der Waals surface area contributed by atoms with Gasteiger partial charge in [-0.3, -0.25) is 4.79 Å². The minimum atomic E-state index is -0.981. The molecule has 2 aromatic rings. The predicted molar refractivity (Wildman–Crippen MR) is 79.3 cm³/mol. The molecule has 1 aromatic carbocycles. The number of halogens is 2. The van der Waals surface area contributed by atoms with Crippen molar-refractivity contribution >= 4 is 29.1 Å². The molecule has 22 heavy (non-hydrogen) atoms. The molecule has 2 rings (SSSR count). The van der Waals surface area contributed by atoms with Crippen molar-refractivity contribution in [1.29, 1.82) is 0 Å². The Kier molecular flexibility index (Phi) is 5.11. The molecule has 0 unspecified atom stereocenters. The zero-order valence-electron chi connectivity index (χ0n) is 11.7. The van der Waals surface area contributed by atoms with Crippen LogP contribution in [0.1, 0.15) is 6.42 Å². The third-order valence-electron chi connectivity index (χ3n) is 2.77. The Morgan fingerprint density at radius 1 is 1.36 bits per heavy atom. The highest BCUT2D eigenvalue weighted by atomic mass is 35.5. The third-order valence-corrected chi connectivity index (χ3v) is 2.96. The Morgan fingerprint density at radius 3 is 2.68 bits per heavy atom. The number of ether oxygens (including phenoxy) is 1. The first kappa shape index (κ1) is 16.0. The Hall–Kier alpha value is -2.41. The number of aliphatic carboxylic acids is 1. The number of nitrogens with zero attached hydrogens (tertiary/aromatic N) is 3. The van der Waals surface area contributed by atoms with E-state index in [0.29, 0.717) is 11.5 Å². The first-order valence-corrected chi connectivity index (χ1v) is 6.72. The monoisotopic (exact) mass is 325 g/mol. The molecule has 0 spiro atoms. The molecular weight excluding hydrogens is 313 g/mol. The van der Waals surface area contributed by atoms with Gasteiger partial charge in [0.05, 0.1) is 6.42 Å². The lowest BCUT2D eigenvalue weighted by atomic mass is 10.3. The summed E-state index contributed by atoms with van der Waals surface area (Å²) in [7, 11) is 1.73. The van der Waals surface area contributed by atoms with E-state index in [9.17, 15) is 9.18 Å². The van der Waals surface area contributed by atoms with Crippen molar-refractivity contribution in [3.63, 3.8) is 0 Å². The van der Waals surface area contributed by atoms with Crippen LogP contribution >= 0.6 is 11.6 Å². The van der Waals surface area contributed by atoms with Gasteiger partial charge in [-0.15, -0.1) is 0 Å². The fourth-order valence-corrected chi connectivity index (χ4v) is 1.82. The van der Waals surface area contributed by atoms with Gasteiger partial charge in [0.1, 0.15) is 23.4 Å². The fourth-order valence-electron chi connectivity index (χ4n) is 1.65. The second-order valence-electron chi connectivity index (χ2n) is 4.36. The molecule has 1 aromatic heterocycles. The molecule has 0 bridgehead atoms. The van der Waals surface area contributed by atoms with Crippen LogP contribution < -0.4 is 9.64 Å². The van der Waals surface area contributed by atoms with Crippen molar-refractivity contribution < 1.29 is 19.0 Å². The molecule has 1 N–H and O–H groups in total. The summed E-state index contributed by atoms with van der Waals surface area (Å²) in [5.41, 5.74) is 0.702. The number of aromatic nitrogens is 2. The first-order valence-electron chi connectivity index (χ1n) is 6.34. The van der Waals surface area contributed by atoms with Gasteiger partial charge in [-0.05, 0) is 24.3 Å². The maximum absolute atomic E-state index is 13.0. The van der Waals surface area contributed by atoms with Gasteiger partial charge < -0.3 is 14.7 Å². The Morgan fingerprint density at radius 2 is 2.05 bits per heavy atom. The van der Waals surface area contributed by atoms with Gasteiger partial charge in [0.2, 0.25) is 0 Å². The lowest BCUT2D eigenvalue weighted by Gasteiger charge is -2.18. The second-order valence-corrected chi connectivity index (χ2v) is 4.75. The number of carbonyl (C=O) groups is 1. The average Bonchev–Trinajstić information content (AvgIpc) is 2.46. The maximum atomic E-state index is 13.0. The molecule has 1 heterocycles. The van der Waals surface area contributed by atoms with Gasteiger partial charge in [0.15, 0.2) is 0 Å². The van der Waals surface area contributed by atoms with E-state index in [1.807, 2.05) is 0 Å². The summed E-state index contributed by atoms with van der Waals surface area (Å²) in [6.45, 7) is -0.0601. The average molecular weight is 326 g/mol. The largest absolute Gasteiger partial charge is 0.481 e. The van der Waals surface area contributed by atoms with E-state index >= 15 is 0 Å². The Labute approximate surface area is 131 Å². The third kappa shape index (κ3) is 4.29. The fraction of sp³-hybridized carbons (Fsp3) is 0.214. The van der Waals surface area contributed by atoms with Gasteiger partial charge in [0, 0.05) is 18.8 Å². The first-order chi connectivity index (χ1) is 10.5.